The van der Waals surface area contributed by atoms with E-state index in [0.29, 0.717) is 0 Å². The fourth-order valence-corrected chi connectivity index (χ4v) is 6.75. The van der Waals surface area contributed by atoms with Crippen LogP contribution in [0.3, 0.4) is 0 Å². The van der Waals surface area contributed by atoms with Crippen LogP contribution in [0.5, 0.6) is 0 Å². The Bertz CT molecular complexity index is 2410. The Labute approximate surface area is 236 Å². The minimum atomic E-state index is 0.915. The van der Waals surface area contributed by atoms with Crippen LogP contribution in [0.2, 0.25) is 0 Å². The van der Waals surface area contributed by atoms with Gasteiger partial charge >= 0.3 is 0 Å². The molecule has 7 aromatic carbocycles. The van der Waals surface area contributed by atoms with Gasteiger partial charge in [-0.2, -0.15) is 0 Å². The second kappa shape index (κ2) is 8.51. The molecule has 0 bridgehead atoms. The summed E-state index contributed by atoms with van der Waals surface area (Å²) in [7, 11) is 0. The highest BCUT2D eigenvalue weighted by Gasteiger charge is 2.22. The van der Waals surface area contributed by atoms with Crippen LogP contribution >= 0.6 is 0 Å². The summed E-state index contributed by atoms with van der Waals surface area (Å²) in [6.07, 6.45) is 3.75. The Hall–Kier alpha value is -5.47. The van der Waals surface area contributed by atoms with Gasteiger partial charge in [0.25, 0.3) is 0 Å². The van der Waals surface area contributed by atoms with Crippen molar-refractivity contribution in [3.8, 4) is 22.3 Å². The maximum Gasteiger partial charge on any atom is 0.143 e. The molecule has 0 saturated carbocycles. The van der Waals surface area contributed by atoms with Gasteiger partial charge in [-0.1, -0.05) is 97.1 Å². The summed E-state index contributed by atoms with van der Waals surface area (Å²) in [6, 6.07) is 45.7. The number of nitrogens with zero attached hydrogens (tertiary/aromatic N) is 1. The highest BCUT2D eigenvalue weighted by Crippen LogP contribution is 2.48. The normalized spacial score (nSPS) is 11.9. The van der Waals surface area contributed by atoms with Gasteiger partial charge in [-0.3, -0.25) is 4.98 Å². The molecule has 2 heterocycles. The average molecular weight is 522 g/mol. The van der Waals surface area contributed by atoms with E-state index >= 15 is 0 Å². The van der Waals surface area contributed by atoms with Crippen LogP contribution in [0.4, 0.5) is 0 Å². The molecule has 0 aliphatic rings. The second-order valence-corrected chi connectivity index (χ2v) is 10.7. The minimum absolute atomic E-state index is 0.915. The smallest absolute Gasteiger partial charge is 0.143 e. The van der Waals surface area contributed by atoms with Crippen molar-refractivity contribution in [2.45, 2.75) is 0 Å². The van der Waals surface area contributed by atoms with Gasteiger partial charge in [-0.05, 0) is 84.5 Å². The van der Waals surface area contributed by atoms with Crippen molar-refractivity contribution >= 4 is 65.0 Å². The summed E-state index contributed by atoms with van der Waals surface area (Å²) in [6.45, 7) is 0. The van der Waals surface area contributed by atoms with Crippen LogP contribution in [0, 0.1) is 0 Å². The Morgan fingerprint density at radius 1 is 0.439 bits per heavy atom. The van der Waals surface area contributed by atoms with E-state index in [1.165, 1.54) is 59.6 Å². The first-order valence-corrected chi connectivity index (χ1v) is 14.0. The minimum Gasteiger partial charge on any atom is -0.455 e. The van der Waals surface area contributed by atoms with E-state index < -0.39 is 0 Å². The van der Waals surface area contributed by atoms with Crippen LogP contribution in [-0.4, -0.2) is 4.98 Å². The summed E-state index contributed by atoms with van der Waals surface area (Å²) in [4.78, 5) is 4.29. The topological polar surface area (TPSA) is 26.0 Å². The molecule has 9 rings (SSSR count). The predicted octanol–water partition coefficient (Wildman–Crippen LogP) is 10.9. The van der Waals surface area contributed by atoms with Crippen molar-refractivity contribution in [3.63, 3.8) is 0 Å². The Morgan fingerprint density at radius 3 is 1.63 bits per heavy atom. The van der Waals surface area contributed by atoms with Crippen molar-refractivity contribution in [1.82, 2.24) is 4.98 Å². The third-order valence-electron chi connectivity index (χ3n) is 8.50. The molecular weight excluding hydrogens is 498 g/mol. The zero-order valence-electron chi connectivity index (χ0n) is 22.1. The van der Waals surface area contributed by atoms with E-state index in [1.807, 2.05) is 12.4 Å². The van der Waals surface area contributed by atoms with Gasteiger partial charge in [0, 0.05) is 34.3 Å². The Balaban J connectivity index is 1.51. The summed E-state index contributed by atoms with van der Waals surface area (Å²) in [5, 5.41) is 12.0. The molecule has 41 heavy (non-hydrogen) atoms. The predicted molar refractivity (Wildman–Crippen MR) is 172 cm³/mol. The summed E-state index contributed by atoms with van der Waals surface area (Å²) in [5.41, 5.74) is 6.56. The largest absolute Gasteiger partial charge is 0.455 e. The molecule has 190 valence electrons. The quantitative estimate of drug-likeness (QED) is 0.211. The third-order valence-corrected chi connectivity index (χ3v) is 8.50. The highest BCUT2D eigenvalue weighted by molar-refractivity contribution is 6.28. The van der Waals surface area contributed by atoms with E-state index in [0.717, 1.165) is 27.7 Å². The van der Waals surface area contributed by atoms with Gasteiger partial charge in [0.1, 0.15) is 11.2 Å². The van der Waals surface area contributed by atoms with Crippen LogP contribution in [0.1, 0.15) is 0 Å². The standard InChI is InChI=1S/C39H23NO/c1-2-10-26-23-35-33(21-25(26)9-1)38-28-12-4-3-11-27(28)22-34(39(38)41-35)37-31-15-7-5-13-29(31)36(24-17-19-40-20-18-24)30-14-6-8-16-32(30)37/h1-23H. The Kier molecular flexibility index (Phi) is 4.64. The number of benzene rings is 7. The van der Waals surface area contributed by atoms with E-state index in [2.05, 4.69) is 132 Å². The SMILES string of the molecule is c1ccc2cc3c(cc2c1)oc1c(-c2c4ccccc4c(-c4ccncc4)c4ccccc24)cc2ccccc2c13. The molecule has 0 N–H and O–H groups in total. The molecule has 2 nitrogen and oxygen atoms in total. The first-order chi connectivity index (χ1) is 20.3. The van der Waals surface area contributed by atoms with Gasteiger partial charge in [-0.25, -0.2) is 0 Å². The van der Waals surface area contributed by atoms with Crippen LogP contribution in [-0.2, 0) is 0 Å². The van der Waals surface area contributed by atoms with Crippen molar-refractivity contribution < 1.29 is 4.42 Å². The monoisotopic (exact) mass is 521 g/mol. The lowest BCUT2D eigenvalue weighted by Gasteiger charge is -2.18. The van der Waals surface area contributed by atoms with E-state index in [4.69, 9.17) is 4.42 Å². The molecule has 0 saturated heterocycles. The first kappa shape index (κ1) is 22.4. The molecule has 0 aliphatic carbocycles. The summed E-state index contributed by atoms with van der Waals surface area (Å²) in [5.74, 6) is 0. The zero-order valence-corrected chi connectivity index (χ0v) is 22.1. The lowest BCUT2D eigenvalue weighted by molar-refractivity contribution is 0.671. The van der Waals surface area contributed by atoms with Gasteiger partial charge in [0.05, 0.1) is 0 Å². The molecular formula is C39H23NO. The van der Waals surface area contributed by atoms with Crippen LogP contribution < -0.4 is 0 Å². The maximum atomic E-state index is 6.86. The summed E-state index contributed by atoms with van der Waals surface area (Å²) < 4.78 is 6.86. The zero-order chi connectivity index (χ0) is 26.9. The maximum absolute atomic E-state index is 6.86. The second-order valence-electron chi connectivity index (χ2n) is 10.7. The van der Waals surface area contributed by atoms with Gasteiger partial charge in [0.15, 0.2) is 0 Å². The van der Waals surface area contributed by atoms with E-state index in [1.54, 1.807) is 0 Å². The lowest BCUT2D eigenvalue weighted by atomic mass is 9.85. The fraction of sp³-hybridized carbons (Fsp3) is 0. The van der Waals surface area contributed by atoms with E-state index in [9.17, 15) is 0 Å². The summed E-state index contributed by atoms with van der Waals surface area (Å²) >= 11 is 0. The third kappa shape index (κ3) is 3.22. The number of hydrogen-bond donors (Lipinski definition) is 0. The van der Waals surface area contributed by atoms with Crippen molar-refractivity contribution in [2.75, 3.05) is 0 Å². The number of hydrogen-bond acceptors (Lipinski definition) is 2. The number of pyridine rings is 1. The fourth-order valence-electron chi connectivity index (χ4n) is 6.75. The molecule has 0 amide bonds. The molecule has 0 aliphatic heterocycles. The molecule has 2 aromatic heterocycles. The van der Waals surface area contributed by atoms with Crippen LogP contribution in [0.25, 0.3) is 87.3 Å². The van der Waals surface area contributed by atoms with Gasteiger partial charge < -0.3 is 4.42 Å². The van der Waals surface area contributed by atoms with Gasteiger partial charge in [0.2, 0.25) is 0 Å². The van der Waals surface area contributed by atoms with Crippen molar-refractivity contribution in [1.29, 1.82) is 0 Å². The van der Waals surface area contributed by atoms with Crippen LogP contribution in [0.15, 0.2) is 144 Å². The number of furan rings is 1. The molecule has 0 fully saturated rings. The number of aromatic nitrogens is 1. The lowest BCUT2D eigenvalue weighted by Crippen LogP contribution is -1.91. The molecule has 0 spiro atoms. The highest BCUT2D eigenvalue weighted by atomic mass is 16.3. The molecule has 9 aromatic rings. The first-order valence-electron chi connectivity index (χ1n) is 14.0. The van der Waals surface area contributed by atoms with Crippen molar-refractivity contribution in [2.24, 2.45) is 0 Å². The number of rotatable bonds is 2. The number of fused-ring (bicyclic) bond motifs is 8. The van der Waals surface area contributed by atoms with Crippen molar-refractivity contribution in [3.05, 3.63) is 140 Å². The Morgan fingerprint density at radius 2 is 0.976 bits per heavy atom. The molecule has 0 radical (unpaired) electrons. The van der Waals surface area contributed by atoms with E-state index in [-0.39, 0.29) is 0 Å². The average Bonchev–Trinajstić information content (AvgIpc) is 3.41. The van der Waals surface area contributed by atoms with Gasteiger partial charge in [-0.15, -0.1) is 0 Å². The molecule has 2 heteroatoms. The molecule has 0 unspecified atom stereocenters. The molecule has 0 atom stereocenters.